The van der Waals surface area contributed by atoms with Crippen molar-refractivity contribution in [2.24, 2.45) is 0 Å². The van der Waals surface area contributed by atoms with Crippen LogP contribution in [0.4, 0.5) is 5.69 Å². The number of piperazine rings is 1. The van der Waals surface area contributed by atoms with Crippen LogP contribution in [0.15, 0.2) is 30.3 Å². The van der Waals surface area contributed by atoms with Crippen molar-refractivity contribution in [2.75, 3.05) is 44.8 Å². The Morgan fingerprint density at radius 1 is 1.12 bits per heavy atom. The van der Waals surface area contributed by atoms with Crippen LogP contribution in [0.3, 0.4) is 0 Å². The number of ether oxygens (including phenoxy) is 1. The van der Waals surface area contributed by atoms with Crippen molar-refractivity contribution in [3.05, 3.63) is 36.2 Å². The molecule has 7 nitrogen and oxygen atoms in total. The number of para-hydroxylation sites is 1. The van der Waals surface area contributed by atoms with E-state index in [1.54, 1.807) is 7.11 Å². The summed E-state index contributed by atoms with van der Waals surface area (Å²) in [6.45, 7) is 7.68. The first kappa shape index (κ1) is 18.8. The summed E-state index contributed by atoms with van der Waals surface area (Å²) in [7, 11) is 1.71. The fraction of sp³-hybridized carbons (Fsp3) is 0.632. The zero-order chi connectivity index (χ0) is 18.2. The SMILES string of the molecule is CCCCC(c1nnnn1CCOC)N1CCN(c2ccccc2)CC1. The number of hydrogen-bond donors (Lipinski definition) is 0. The van der Waals surface area contributed by atoms with Crippen molar-refractivity contribution in [1.29, 1.82) is 0 Å². The van der Waals surface area contributed by atoms with E-state index in [-0.39, 0.29) is 6.04 Å². The molecule has 0 spiro atoms. The lowest BCUT2D eigenvalue weighted by Gasteiger charge is -2.39. The lowest BCUT2D eigenvalue weighted by atomic mass is 10.1. The summed E-state index contributed by atoms with van der Waals surface area (Å²) < 4.78 is 7.11. The zero-order valence-corrected chi connectivity index (χ0v) is 15.9. The van der Waals surface area contributed by atoms with Gasteiger partial charge in [0.2, 0.25) is 0 Å². The molecule has 26 heavy (non-hydrogen) atoms. The highest BCUT2D eigenvalue weighted by Gasteiger charge is 2.28. The van der Waals surface area contributed by atoms with E-state index in [0.717, 1.165) is 38.4 Å². The summed E-state index contributed by atoms with van der Waals surface area (Å²) >= 11 is 0. The molecule has 3 rings (SSSR count). The van der Waals surface area contributed by atoms with Crippen molar-refractivity contribution in [3.63, 3.8) is 0 Å². The van der Waals surface area contributed by atoms with Crippen LogP contribution in [-0.2, 0) is 11.3 Å². The van der Waals surface area contributed by atoms with Gasteiger partial charge in [0.05, 0.1) is 19.2 Å². The highest BCUT2D eigenvalue weighted by atomic mass is 16.5. The molecule has 142 valence electrons. The van der Waals surface area contributed by atoms with E-state index < -0.39 is 0 Å². The second kappa shape index (κ2) is 9.64. The van der Waals surface area contributed by atoms with Gasteiger partial charge in [-0.3, -0.25) is 4.90 Å². The van der Waals surface area contributed by atoms with Crippen LogP contribution in [0.5, 0.6) is 0 Å². The minimum atomic E-state index is 0.278. The number of nitrogens with zero attached hydrogens (tertiary/aromatic N) is 6. The quantitative estimate of drug-likeness (QED) is 0.686. The number of methoxy groups -OCH3 is 1. The molecule has 7 heteroatoms. The second-order valence-corrected chi connectivity index (χ2v) is 6.77. The van der Waals surface area contributed by atoms with E-state index in [9.17, 15) is 0 Å². The fourth-order valence-electron chi connectivity index (χ4n) is 3.59. The van der Waals surface area contributed by atoms with Gasteiger partial charge in [-0.25, -0.2) is 4.68 Å². The molecule has 1 aliphatic rings. The normalized spacial score (nSPS) is 16.8. The second-order valence-electron chi connectivity index (χ2n) is 6.77. The third kappa shape index (κ3) is 4.59. The number of hydrogen-bond acceptors (Lipinski definition) is 6. The summed E-state index contributed by atoms with van der Waals surface area (Å²) in [5, 5.41) is 12.5. The fourth-order valence-corrected chi connectivity index (χ4v) is 3.59. The molecule has 1 saturated heterocycles. The van der Waals surface area contributed by atoms with E-state index in [4.69, 9.17) is 4.74 Å². The molecule has 0 radical (unpaired) electrons. The lowest BCUT2D eigenvalue weighted by molar-refractivity contribution is 0.152. The summed E-state index contributed by atoms with van der Waals surface area (Å²) in [5.41, 5.74) is 1.31. The van der Waals surface area contributed by atoms with Gasteiger partial charge >= 0.3 is 0 Å². The Labute approximate surface area is 155 Å². The Morgan fingerprint density at radius 2 is 1.88 bits per heavy atom. The molecular formula is C19H30N6O. The molecule has 2 aromatic rings. The molecule has 0 bridgehead atoms. The first-order valence-corrected chi connectivity index (χ1v) is 9.62. The molecule has 0 N–H and O–H groups in total. The number of aromatic nitrogens is 4. The maximum Gasteiger partial charge on any atom is 0.168 e. The van der Waals surface area contributed by atoms with Gasteiger partial charge in [0.25, 0.3) is 0 Å². The minimum absolute atomic E-state index is 0.278. The smallest absolute Gasteiger partial charge is 0.168 e. The zero-order valence-electron chi connectivity index (χ0n) is 15.9. The minimum Gasteiger partial charge on any atom is -0.383 e. The van der Waals surface area contributed by atoms with Crippen LogP contribution in [0, 0.1) is 0 Å². The van der Waals surface area contributed by atoms with E-state index in [2.05, 4.69) is 62.6 Å². The van der Waals surface area contributed by atoms with Crippen LogP contribution >= 0.6 is 0 Å². The molecule has 1 aromatic heterocycles. The van der Waals surface area contributed by atoms with Crippen LogP contribution in [0.25, 0.3) is 0 Å². The van der Waals surface area contributed by atoms with Gasteiger partial charge in [-0.2, -0.15) is 0 Å². The molecule has 2 heterocycles. The van der Waals surface area contributed by atoms with Gasteiger partial charge in [0, 0.05) is 39.0 Å². The Balaban J connectivity index is 1.68. The number of rotatable bonds is 9. The van der Waals surface area contributed by atoms with Crippen molar-refractivity contribution >= 4 is 5.69 Å². The van der Waals surface area contributed by atoms with Crippen LogP contribution in [0.1, 0.15) is 38.1 Å². The van der Waals surface area contributed by atoms with Crippen LogP contribution in [0.2, 0.25) is 0 Å². The highest BCUT2D eigenvalue weighted by Crippen LogP contribution is 2.27. The third-order valence-electron chi connectivity index (χ3n) is 5.07. The van der Waals surface area contributed by atoms with E-state index in [0.29, 0.717) is 13.2 Å². The first-order valence-electron chi connectivity index (χ1n) is 9.62. The molecule has 1 fully saturated rings. The molecule has 1 unspecified atom stereocenters. The predicted octanol–water partition coefficient (Wildman–Crippen LogP) is 2.37. The summed E-state index contributed by atoms with van der Waals surface area (Å²) in [4.78, 5) is 5.01. The maximum absolute atomic E-state index is 5.20. The van der Waals surface area contributed by atoms with E-state index >= 15 is 0 Å². The van der Waals surface area contributed by atoms with Gasteiger partial charge in [-0.05, 0) is 29.0 Å². The van der Waals surface area contributed by atoms with Crippen molar-refractivity contribution in [1.82, 2.24) is 25.1 Å². The Bertz CT molecular complexity index is 638. The average Bonchev–Trinajstić information content (AvgIpc) is 3.16. The largest absolute Gasteiger partial charge is 0.383 e. The Hall–Kier alpha value is -1.99. The van der Waals surface area contributed by atoms with Gasteiger partial charge in [0.15, 0.2) is 5.82 Å². The van der Waals surface area contributed by atoms with Crippen molar-refractivity contribution < 1.29 is 4.74 Å². The number of benzene rings is 1. The van der Waals surface area contributed by atoms with Crippen LogP contribution < -0.4 is 4.90 Å². The number of unbranched alkanes of at least 4 members (excludes halogenated alkanes) is 1. The Kier molecular flexibility index (Phi) is 6.96. The molecule has 0 amide bonds. The number of tetrazole rings is 1. The number of anilines is 1. The van der Waals surface area contributed by atoms with E-state index in [1.807, 2.05) is 4.68 Å². The molecule has 1 aromatic carbocycles. The highest BCUT2D eigenvalue weighted by molar-refractivity contribution is 5.46. The first-order chi connectivity index (χ1) is 12.8. The standard InChI is InChI=1S/C19H30N6O/c1-3-4-10-18(19-20-21-22-25(19)15-16-26-2)24-13-11-23(12-14-24)17-8-6-5-7-9-17/h5-9,18H,3-4,10-16H2,1-2H3. The summed E-state index contributed by atoms with van der Waals surface area (Å²) in [5.74, 6) is 0.976. The van der Waals surface area contributed by atoms with Crippen LogP contribution in [-0.4, -0.2) is 65.0 Å². The maximum atomic E-state index is 5.20. The van der Waals surface area contributed by atoms with Gasteiger partial charge in [-0.1, -0.05) is 38.0 Å². The predicted molar refractivity (Wildman–Crippen MR) is 102 cm³/mol. The van der Waals surface area contributed by atoms with Crippen molar-refractivity contribution in [3.8, 4) is 0 Å². The Morgan fingerprint density at radius 3 is 2.58 bits per heavy atom. The molecule has 0 aliphatic carbocycles. The van der Waals surface area contributed by atoms with Crippen molar-refractivity contribution in [2.45, 2.75) is 38.8 Å². The monoisotopic (exact) mass is 358 g/mol. The lowest BCUT2D eigenvalue weighted by Crippen LogP contribution is -2.48. The topological polar surface area (TPSA) is 59.3 Å². The van der Waals surface area contributed by atoms with Gasteiger partial charge in [-0.15, -0.1) is 5.10 Å². The molecular weight excluding hydrogens is 328 g/mol. The molecule has 1 aliphatic heterocycles. The average molecular weight is 358 g/mol. The summed E-state index contributed by atoms with van der Waals surface area (Å²) in [6.07, 6.45) is 3.45. The van der Waals surface area contributed by atoms with E-state index in [1.165, 1.54) is 18.5 Å². The summed E-state index contributed by atoms with van der Waals surface area (Å²) in [6, 6.07) is 10.9. The van der Waals surface area contributed by atoms with Gasteiger partial charge in [0.1, 0.15) is 0 Å². The molecule has 0 saturated carbocycles. The molecule has 1 atom stereocenters. The third-order valence-corrected chi connectivity index (χ3v) is 5.07. The van der Waals surface area contributed by atoms with Gasteiger partial charge < -0.3 is 9.64 Å².